The number of halogens is 1. The lowest BCUT2D eigenvalue weighted by Gasteiger charge is -2.17. The maximum atomic E-state index is 12.5. The summed E-state index contributed by atoms with van der Waals surface area (Å²) < 4.78 is 5.56. The number of rotatable bonds is 4. The highest BCUT2D eigenvalue weighted by molar-refractivity contribution is 6.31. The van der Waals surface area contributed by atoms with Gasteiger partial charge in [-0.25, -0.2) is 0 Å². The molecule has 3 rings (SSSR count). The Hall–Kier alpha value is -2.26. The third-order valence-corrected chi connectivity index (χ3v) is 4.31. The van der Waals surface area contributed by atoms with Crippen molar-refractivity contribution < 1.29 is 9.21 Å². The average molecular weight is 328 g/mol. The minimum absolute atomic E-state index is 0.0354. The van der Waals surface area contributed by atoms with Gasteiger partial charge in [-0.1, -0.05) is 41.9 Å². The molecule has 0 radical (unpaired) electrons. The van der Waals surface area contributed by atoms with E-state index in [0.717, 1.165) is 27.7 Å². The number of likely N-dealkylation sites (N-methyl/N-ethyl adjacent to an activating group) is 1. The van der Waals surface area contributed by atoms with Crippen molar-refractivity contribution in [2.24, 2.45) is 0 Å². The van der Waals surface area contributed by atoms with E-state index in [4.69, 9.17) is 16.0 Å². The van der Waals surface area contributed by atoms with Crippen LogP contribution in [0.15, 0.2) is 53.1 Å². The molecule has 23 heavy (non-hydrogen) atoms. The first kappa shape index (κ1) is 15.6. The molecule has 1 aromatic heterocycles. The molecule has 0 N–H and O–H groups in total. The molecule has 0 aliphatic rings. The van der Waals surface area contributed by atoms with Crippen molar-refractivity contribution in [1.29, 1.82) is 0 Å². The summed E-state index contributed by atoms with van der Waals surface area (Å²) in [5.41, 5.74) is 3.82. The highest BCUT2D eigenvalue weighted by Crippen LogP contribution is 2.23. The lowest BCUT2D eigenvalue weighted by Crippen LogP contribution is -2.27. The second kappa shape index (κ2) is 6.47. The molecular formula is C19H18ClNO2. The fraction of sp³-hybridized carbons (Fsp3) is 0.211. The van der Waals surface area contributed by atoms with E-state index in [1.165, 1.54) is 0 Å². The van der Waals surface area contributed by atoms with Gasteiger partial charge in [0.2, 0.25) is 5.91 Å². The smallest absolute Gasteiger partial charge is 0.227 e. The molecule has 0 spiro atoms. The van der Waals surface area contributed by atoms with Gasteiger partial charge >= 0.3 is 0 Å². The van der Waals surface area contributed by atoms with E-state index in [-0.39, 0.29) is 5.91 Å². The van der Waals surface area contributed by atoms with Gasteiger partial charge in [0, 0.05) is 29.6 Å². The highest BCUT2D eigenvalue weighted by atomic mass is 35.5. The molecule has 2 aromatic carbocycles. The molecule has 0 bridgehead atoms. The maximum absolute atomic E-state index is 12.5. The van der Waals surface area contributed by atoms with E-state index < -0.39 is 0 Å². The Labute approximate surface area is 140 Å². The predicted octanol–water partition coefficient (Wildman–Crippen LogP) is 4.60. The second-order valence-electron chi connectivity index (χ2n) is 5.78. The van der Waals surface area contributed by atoms with Gasteiger partial charge in [0.25, 0.3) is 0 Å². The van der Waals surface area contributed by atoms with Crippen LogP contribution in [0.1, 0.15) is 16.7 Å². The quantitative estimate of drug-likeness (QED) is 0.702. The van der Waals surface area contributed by atoms with Gasteiger partial charge in [-0.05, 0) is 30.2 Å². The molecule has 0 unspecified atom stereocenters. The van der Waals surface area contributed by atoms with Gasteiger partial charge < -0.3 is 9.32 Å². The van der Waals surface area contributed by atoms with Gasteiger partial charge in [-0.15, -0.1) is 0 Å². The number of amides is 1. The number of aryl methyl sites for hydroxylation is 1. The highest BCUT2D eigenvalue weighted by Gasteiger charge is 2.15. The number of hydrogen-bond acceptors (Lipinski definition) is 2. The normalized spacial score (nSPS) is 10.9. The summed E-state index contributed by atoms with van der Waals surface area (Å²) in [6.45, 7) is 2.51. The number of benzene rings is 2. The van der Waals surface area contributed by atoms with Crippen molar-refractivity contribution in [3.8, 4) is 0 Å². The Morgan fingerprint density at radius 2 is 1.96 bits per heavy atom. The van der Waals surface area contributed by atoms with Crippen LogP contribution in [-0.4, -0.2) is 17.9 Å². The minimum atomic E-state index is 0.0354. The van der Waals surface area contributed by atoms with Crippen LogP contribution in [0.3, 0.4) is 0 Å². The van der Waals surface area contributed by atoms with Gasteiger partial charge in [0.15, 0.2) is 0 Å². The number of furan rings is 1. The van der Waals surface area contributed by atoms with Gasteiger partial charge in [-0.2, -0.15) is 0 Å². The summed E-state index contributed by atoms with van der Waals surface area (Å²) in [4.78, 5) is 14.2. The summed E-state index contributed by atoms with van der Waals surface area (Å²) in [7, 11) is 1.79. The Morgan fingerprint density at radius 1 is 1.17 bits per heavy atom. The summed E-state index contributed by atoms with van der Waals surface area (Å²) in [5, 5.41) is 1.67. The summed E-state index contributed by atoms with van der Waals surface area (Å²) in [5.74, 6) is 0.0354. The average Bonchev–Trinajstić information content (AvgIpc) is 2.91. The molecule has 0 aliphatic carbocycles. The fourth-order valence-electron chi connectivity index (χ4n) is 2.60. The van der Waals surface area contributed by atoms with E-state index in [9.17, 15) is 4.79 Å². The van der Waals surface area contributed by atoms with Crippen LogP contribution in [0.2, 0.25) is 5.02 Å². The molecule has 1 heterocycles. The molecule has 1 amide bonds. The number of carbonyl (C=O) groups excluding carboxylic acids is 1. The number of nitrogens with zero attached hydrogens (tertiary/aromatic N) is 1. The molecule has 0 atom stereocenters. The molecule has 3 aromatic rings. The lowest BCUT2D eigenvalue weighted by molar-refractivity contribution is -0.129. The van der Waals surface area contributed by atoms with E-state index in [2.05, 4.69) is 0 Å². The van der Waals surface area contributed by atoms with Crippen molar-refractivity contribution >= 4 is 28.5 Å². The summed E-state index contributed by atoms with van der Waals surface area (Å²) in [6, 6.07) is 13.6. The fourth-order valence-corrected chi connectivity index (χ4v) is 2.79. The van der Waals surface area contributed by atoms with Crippen LogP contribution >= 0.6 is 11.6 Å². The van der Waals surface area contributed by atoms with E-state index in [1.54, 1.807) is 18.2 Å². The maximum Gasteiger partial charge on any atom is 0.227 e. The molecule has 0 aliphatic heterocycles. The second-order valence-corrected chi connectivity index (χ2v) is 6.19. The van der Waals surface area contributed by atoms with E-state index in [1.807, 2.05) is 49.4 Å². The Balaban J connectivity index is 1.74. The first-order chi connectivity index (χ1) is 11.0. The lowest BCUT2D eigenvalue weighted by atomic mass is 10.1. The van der Waals surface area contributed by atoms with Crippen molar-refractivity contribution in [2.45, 2.75) is 19.9 Å². The third kappa shape index (κ3) is 3.40. The summed E-state index contributed by atoms with van der Waals surface area (Å²) >= 11 is 6.16. The van der Waals surface area contributed by atoms with Gasteiger partial charge in [0.1, 0.15) is 5.58 Å². The zero-order valence-electron chi connectivity index (χ0n) is 13.2. The molecule has 0 saturated heterocycles. The first-order valence-electron chi connectivity index (χ1n) is 7.48. The SMILES string of the molecule is Cc1ccc2c(CC(=O)N(C)Cc3ccccc3Cl)coc2c1. The van der Waals surface area contributed by atoms with Gasteiger partial charge in [-0.3, -0.25) is 4.79 Å². The Kier molecular flexibility index (Phi) is 4.39. The Morgan fingerprint density at radius 3 is 2.74 bits per heavy atom. The standard InChI is InChI=1S/C19H18ClNO2/c1-13-7-8-16-15(12-23-18(16)9-13)10-19(22)21(2)11-14-5-3-4-6-17(14)20/h3-9,12H,10-11H2,1-2H3. The zero-order chi connectivity index (χ0) is 16.4. The third-order valence-electron chi connectivity index (χ3n) is 3.94. The van der Waals surface area contributed by atoms with Crippen LogP contribution in [0.5, 0.6) is 0 Å². The molecule has 4 heteroatoms. The van der Waals surface area contributed by atoms with Gasteiger partial charge in [0.05, 0.1) is 12.7 Å². The van der Waals surface area contributed by atoms with E-state index >= 15 is 0 Å². The van der Waals surface area contributed by atoms with Crippen molar-refractivity contribution in [2.75, 3.05) is 7.05 Å². The molecule has 0 saturated carbocycles. The van der Waals surface area contributed by atoms with Crippen molar-refractivity contribution in [1.82, 2.24) is 4.90 Å². The van der Waals surface area contributed by atoms with Crippen LogP contribution < -0.4 is 0 Å². The topological polar surface area (TPSA) is 33.5 Å². The first-order valence-corrected chi connectivity index (χ1v) is 7.86. The van der Waals surface area contributed by atoms with E-state index in [0.29, 0.717) is 18.0 Å². The van der Waals surface area contributed by atoms with Crippen LogP contribution in [0.25, 0.3) is 11.0 Å². The molecular weight excluding hydrogens is 310 g/mol. The van der Waals surface area contributed by atoms with Crippen LogP contribution in [0, 0.1) is 6.92 Å². The molecule has 3 nitrogen and oxygen atoms in total. The number of hydrogen-bond donors (Lipinski definition) is 0. The minimum Gasteiger partial charge on any atom is -0.464 e. The molecule has 0 fully saturated rings. The predicted molar refractivity (Wildman–Crippen MR) is 92.6 cm³/mol. The molecule has 118 valence electrons. The summed E-state index contributed by atoms with van der Waals surface area (Å²) in [6.07, 6.45) is 1.99. The monoisotopic (exact) mass is 327 g/mol. The number of carbonyl (C=O) groups is 1. The largest absolute Gasteiger partial charge is 0.464 e. The van der Waals surface area contributed by atoms with Crippen LogP contribution in [-0.2, 0) is 17.8 Å². The zero-order valence-corrected chi connectivity index (χ0v) is 13.9. The van der Waals surface area contributed by atoms with Crippen molar-refractivity contribution in [3.05, 3.63) is 70.4 Å². The van der Waals surface area contributed by atoms with Crippen LogP contribution in [0.4, 0.5) is 0 Å². The van der Waals surface area contributed by atoms with Crippen molar-refractivity contribution in [3.63, 3.8) is 0 Å². The number of fused-ring (bicyclic) bond motifs is 1. The Bertz CT molecular complexity index is 853.